The number of carbonyl (C=O) groups excluding carboxylic acids is 2. The highest BCUT2D eigenvalue weighted by atomic mass is 19.4. The van der Waals surface area contributed by atoms with Gasteiger partial charge in [0.1, 0.15) is 17.6 Å². The monoisotopic (exact) mass is 413 g/mol. The first kappa shape index (κ1) is 22.2. The summed E-state index contributed by atoms with van der Waals surface area (Å²) in [5.41, 5.74) is 5.89. The molecule has 2 amide bonds. The topological polar surface area (TPSA) is 93.5 Å². The number of anilines is 1. The van der Waals surface area contributed by atoms with Crippen LogP contribution < -0.4 is 21.1 Å². The van der Waals surface area contributed by atoms with Gasteiger partial charge in [0.25, 0.3) is 5.91 Å². The summed E-state index contributed by atoms with van der Waals surface area (Å²) < 4.78 is 55.5. The predicted molar refractivity (Wildman–Crippen MR) is 97.8 cm³/mol. The Morgan fingerprint density at radius 2 is 1.79 bits per heavy atom. The van der Waals surface area contributed by atoms with Gasteiger partial charge >= 0.3 is 6.18 Å². The number of ether oxygens (including phenoxy) is 1. The molecule has 2 rings (SSSR count). The van der Waals surface area contributed by atoms with Gasteiger partial charge in [0.15, 0.2) is 0 Å². The van der Waals surface area contributed by atoms with Crippen LogP contribution in [0, 0.1) is 5.82 Å². The molecule has 0 bridgehead atoms. The number of halogens is 4. The summed E-state index contributed by atoms with van der Waals surface area (Å²) >= 11 is 0. The molecule has 0 aliphatic carbocycles. The van der Waals surface area contributed by atoms with Crippen LogP contribution in [0.15, 0.2) is 42.5 Å². The first-order valence-corrected chi connectivity index (χ1v) is 8.43. The zero-order valence-corrected chi connectivity index (χ0v) is 15.3. The molecule has 156 valence electrons. The van der Waals surface area contributed by atoms with E-state index in [4.69, 9.17) is 10.5 Å². The normalized spacial score (nSPS) is 12.2. The van der Waals surface area contributed by atoms with Crippen LogP contribution in [0.3, 0.4) is 0 Å². The van der Waals surface area contributed by atoms with E-state index < -0.39 is 36.3 Å². The van der Waals surface area contributed by atoms with Crippen molar-refractivity contribution < 1.29 is 31.9 Å². The molecule has 0 saturated heterocycles. The molecular formula is C19H19F4N3O3. The molecule has 0 aromatic heterocycles. The number of rotatable bonds is 7. The van der Waals surface area contributed by atoms with Crippen molar-refractivity contribution in [2.45, 2.75) is 25.2 Å². The minimum absolute atomic E-state index is 0.0392. The van der Waals surface area contributed by atoms with Crippen molar-refractivity contribution >= 4 is 17.5 Å². The molecule has 1 atom stereocenters. The molecule has 0 spiro atoms. The van der Waals surface area contributed by atoms with Gasteiger partial charge in [0.2, 0.25) is 5.91 Å². The maximum absolute atomic E-state index is 13.4. The highest BCUT2D eigenvalue weighted by Crippen LogP contribution is 2.21. The number of hydrogen-bond donors (Lipinski definition) is 3. The molecule has 0 radical (unpaired) electrons. The Balaban J connectivity index is 1.92. The van der Waals surface area contributed by atoms with E-state index >= 15 is 0 Å². The van der Waals surface area contributed by atoms with Crippen LogP contribution >= 0.6 is 0 Å². The molecule has 29 heavy (non-hydrogen) atoms. The maximum atomic E-state index is 13.4. The van der Waals surface area contributed by atoms with Crippen molar-refractivity contribution in [1.82, 2.24) is 5.32 Å². The zero-order valence-electron chi connectivity index (χ0n) is 15.3. The maximum Gasteiger partial charge on any atom is 0.404 e. The lowest BCUT2D eigenvalue weighted by molar-refractivity contribution is -0.153. The van der Waals surface area contributed by atoms with Gasteiger partial charge in [-0.15, -0.1) is 0 Å². The molecule has 10 heteroatoms. The summed E-state index contributed by atoms with van der Waals surface area (Å²) in [5, 5.41) is 4.93. The van der Waals surface area contributed by atoms with Gasteiger partial charge < -0.3 is 21.1 Å². The Labute approximate surface area is 164 Å². The number of alkyl halides is 3. The van der Waals surface area contributed by atoms with Crippen molar-refractivity contribution in [2.75, 3.05) is 12.4 Å². The Morgan fingerprint density at radius 3 is 2.38 bits per heavy atom. The Bertz CT molecular complexity index is 870. The smallest absolute Gasteiger partial charge is 0.404 e. The molecule has 1 unspecified atom stereocenters. The van der Waals surface area contributed by atoms with Crippen molar-refractivity contribution in [3.05, 3.63) is 59.4 Å². The fraction of sp³-hybridized carbons (Fsp3) is 0.263. The third-order valence-corrected chi connectivity index (χ3v) is 3.92. The molecule has 0 aliphatic rings. The number of hydrogen-bond acceptors (Lipinski definition) is 4. The summed E-state index contributed by atoms with van der Waals surface area (Å²) in [5.74, 6) is -1.77. The lowest BCUT2D eigenvalue weighted by Gasteiger charge is -2.15. The van der Waals surface area contributed by atoms with E-state index in [1.807, 2.05) is 0 Å². The zero-order chi connectivity index (χ0) is 21.6. The number of nitrogens with one attached hydrogen (secondary N) is 2. The largest absolute Gasteiger partial charge is 0.496 e. The van der Waals surface area contributed by atoms with Crippen LogP contribution in [0.2, 0.25) is 0 Å². The average Bonchev–Trinajstić information content (AvgIpc) is 2.66. The van der Waals surface area contributed by atoms with Crippen LogP contribution in [-0.2, 0) is 11.3 Å². The molecule has 0 heterocycles. The summed E-state index contributed by atoms with van der Waals surface area (Å²) in [7, 11) is 1.36. The number of amides is 2. The summed E-state index contributed by atoms with van der Waals surface area (Å²) in [6.45, 7) is 0.103. The Hall–Kier alpha value is -3.14. The van der Waals surface area contributed by atoms with Gasteiger partial charge in [-0.05, 0) is 35.9 Å². The minimum Gasteiger partial charge on any atom is -0.496 e. The number of benzene rings is 2. The highest BCUT2D eigenvalue weighted by Gasteiger charge is 2.37. The van der Waals surface area contributed by atoms with E-state index in [1.165, 1.54) is 31.4 Å². The first-order chi connectivity index (χ1) is 13.6. The number of carbonyl (C=O) groups is 2. The van der Waals surface area contributed by atoms with Gasteiger partial charge in [-0.1, -0.05) is 12.1 Å². The molecule has 2 aromatic rings. The van der Waals surface area contributed by atoms with Crippen molar-refractivity contribution in [2.24, 2.45) is 5.73 Å². The summed E-state index contributed by atoms with van der Waals surface area (Å²) in [6, 6.07) is 7.42. The van der Waals surface area contributed by atoms with Gasteiger partial charge in [-0.2, -0.15) is 13.2 Å². The lowest BCUT2D eigenvalue weighted by atomic mass is 10.1. The van der Waals surface area contributed by atoms with Crippen molar-refractivity contribution in [3.63, 3.8) is 0 Å². The minimum atomic E-state index is -4.65. The average molecular weight is 413 g/mol. The summed E-state index contributed by atoms with van der Waals surface area (Å²) in [6.07, 6.45) is -5.54. The standard InChI is InChI=1S/C19H19F4N3O3/c1-29-15-7-4-12(20)8-14(15)18(28)25-10-11-2-5-13(6-3-11)26-17(27)9-16(24)19(21,22)23/h2-8,16H,9-10,24H2,1H3,(H,25,28)(H,26,27). The van der Waals surface area contributed by atoms with E-state index in [-0.39, 0.29) is 23.5 Å². The fourth-order valence-electron chi connectivity index (χ4n) is 2.37. The van der Waals surface area contributed by atoms with E-state index in [2.05, 4.69) is 10.6 Å². The second-order valence-electron chi connectivity index (χ2n) is 6.12. The van der Waals surface area contributed by atoms with Crippen LogP contribution in [-0.4, -0.2) is 31.1 Å². The second-order valence-corrected chi connectivity index (χ2v) is 6.12. The van der Waals surface area contributed by atoms with Crippen LogP contribution in [0.5, 0.6) is 5.75 Å². The van der Waals surface area contributed by atoms with E-state index in [0.717, 1.165) is 6.07 Å². The van der Waals surface area contributed by atoms with Gasteiger partial charge in [0, 0.05) is 12.2 Å². The number of methoxy groups -OCH3 is 1. The molecule has 0 saturated carbocycles. The lowest BCUT2D eigenvalue weighted by Crippen LogP contribution is -2.40. The number of nitrogens with two attached hydrogens (primary N) is 1. The first-order valence-electron chi connectivity index (χ1n) is 8.43. The second kappa shape index (κ2) is 9.37. The Kier molecular flexibility index (Phi) is 7.16. The van der Waals surface area contributed by atoms with E-state index in [0.29, 0.717) is 5.56 Å². The molecule has 4 N–H and O–H groups in total. The van der Waals surface area contributed by atoms with Gasteiger partial charge in [-0.3, -0.25) is 9.59 Å². The molecule has 6 nitrogen and oxygen atoms in total. The van der Waals surface area contributed by atoms with E-state index in [9.17, 15) is 27.2 Å². The molecule has 0 fully saturated rings. The van der Waals surface area contributed by atoms with E-state index in [1.54, 1.807) is 12.1 Å². The summed E-state index contributed by atoms with van der Waals surface area (Å²) in [4.78, 5) is 23.9. The Morgan fingerprint density at radius 1 is 1.14 bits per heavy atom. The predicted octanol–water partition coefficient (Wildman–Crippen LogP) is 2.98. The quantitative estimate of drug-likeness (QED) is 0.609. The molecule has 0 aliphatic heterocycles. The molecular weight excluding hydrogens is 394 g/mol. The van der Waals surface area contributed by atoms with Gasteiger partial charge in [0.05, 0.1) is 19.1 Å². The third kappa shape index (κ3) is 6.46. The fourth-order valence-corrected chi connectivity index (χ4v) is 2.37. The highest BCUT2D eigenvalue weighted by molar-refractivity contribution is 5.97. The SMILES string of the molecule is COc1ccc(F)cc1C(=O)NCc1ccc(NC(=O)CC(N)C(F)(F)F)cc1. The van der Waals surface area contributed by atoms with Crippen molar-refractivity contribution in [1.29, 1.82) is 0 Å². The van der Waals surface area contributed by atoms with Gasteiger partial charge in [-0.25, -0.2) is 4.39 Å². The van der Waals surface area contributed by atoms with Crippen LogP contribution in [0.25, 0.3) is 0 Å². The third-order valence-electron chi connectivity index (χ3n) is 3.92. The van der Waals surface area contributed by atoms with Crippen molar-refractivity contribution in [3.8, 4) is 5.75 Å². The van der Waals surface area contributed by atoms with Crippen LogP contribution in [0.1, 0.15) is 22.3 Å². The van der Waals surface area contributed by atoms with Crippen LogP contribution in [0.4, 0.5) is 23.2 Å². The molecule has 2 aromatic carbocycles.